The molecule has 0 aromatic heterocycles. The van der Waals surface area contributed by atoms with Crippen LogP contribution in [0, 0.1) is 0 Å². The van der Waals surface area contributed by atoms with Crippen LogP contribution in [-0.4, -0.2) is 35.9 Å². The second-order valence-corrected chi connectivity index (χ2v) is 5.45. The second kappa shape index (κ2) is 4.53. The molecule has 2 heterocycles. The normalized spacial score (nSPS) is 26.6. The summed E-state index contributed by atoms with van der Waals surface area (Å²) in [5.74, 6) is 1.44. The van der Waals surface area contributed by atoms with Gasteiger partial charge in [0.25, 0.3) is 0 Å². The number of methoxy groups -OCH3 is 2. The van der Waals surface area contributed by atoms with Gasteiger partial charge in [-0.1, -0.05) is 0 Å². The third-order valence-electron chi connectivity index (χ3n) is 3.47. The Morgan fingerprint density at radius 2 is 2.06 bits per heavy atom. The van der Waals surface area contributed by atoms with Crippen LogP contribution < -0.4 is 9.47 Å². The summed E-state index contributed by atoms with van der Waals surface area (Å²) in [4.78, 5) is 0. The molecule has 0 spiro atoms. The van der Waals surface area contributed by atoms with Gasteiger partial charge in [0.1, 0.15) is 0 Å². The largest absolute Gasteiger partial charge is 0.493 e. The zero-order valence-corrected chi connectivity index (χ0v) is 11.2. The maximum Gasteiger partial charge on any atom is 0.237 e. The highest BCUT2D eigenvalue weighted by Crippen LogP contribution is 2.40. The number of nitrogens with zero attached hydrogens (tertiary/aromatic N) is 1. The van der Waals surface area contributed by atoms with Gasteiger partial charge in [-0.25, -0.2) is 4.21 Å². The topological polar surface area (TPSA) is 48.0 Å². The van der Waals surface area contributed by atoms with E-state index in [1.54, 1.807) is 14.2 Å². The second-order valence-electron chi connectivity index (χ2n) is 4.31. The molecule has 0 amide bonds. The molecular weight excluding hydrogens is 254 g/mol. The number of hydrogen-bond donors (Lipinski definition) is 0. The Hall–Kier alpha value is -1.11. The molecule has 6 heteroatoms. The zero-order chi connectivity index (χ0) is 12.7. The van der Waals surface area contributed by atoms with Gasteiger partial charge in [0, 0.05) is 6.54 Å². The van der Waals surface area contributed by atoms with Crippen LogP contribution in [0.25, 0.3) is 0 Å². The van der Waals surface area contributed by atoms with Gasteiger partial charge in [0.2, 0.25) is 11.3 Å². The smallest absolute Gasteiger partial charge is 0.237 e. The molecule has 0 bridgehead atoms. The standard InChI is InChI=1S/C12H15NO4S/c1-15-11-5-8-3-4-13-10(7-17-18(13)14)9(8)6-12(11)16-2/h5-6,10H,3-4,7H2,1-2H3/t10-,18?/m1/s1. The van der Waals surface area contributed by atoms with Crippen LogP contribution in [0.3, 0.4) is 0 Å². The third-order valence-corrected chi connectivity index (χ3v) is 4.63. The third kappa shape index (κ3) is 1.72. The number of hydrogen-bond acceptors (Lipinski definition) is 4. The van der Waals surface area contributed by atoms with E-state index in [0.29, 0.717) is 12.4 Å². The fourth-order valence-corrected chi connectivity index (χ4v) is 3.55. The Labute approximate surface area is 108 Å². The molecule has 0 saturated carbocycles. The van der Waals surface area contributed by atoms with Gasteiger partial charge in [-0.2, -0.15) is 4.31 Å². The van der Waals surface area contributed by atoms with E-state index in [9.17, 15) is 4.21 Å². The van der Waals surface area contributed by atoms with Crippen LogP contribution in [0.15, 0.2) is 12.1 Å². The van der Waals surface area contributed by atoms with Crippen molar-refractivity contribution in [2.45, 2.75) is 12.5 Å². The molecule has 98 valence electrons. The maximum atomic E-state index is 11.7. The first-order valence-electron chi connectivity index (χ1n) is 5.81. The number of fused-ring (bicyclic) bond motifs is 3. The lowest BCUT2D eigenvalue weighted by Gasteiger charge is -2.29. The molecule has 2 aliphatic rings. The first-order valence-corrected chi connectivity index (χ1v) is 6.84. The fraction of sp³-hybridized carbons (Fsp3) is 0.500. The molecule has 2 aliphatic heterocycles. The average molecular weight is 269 g/mol. The Bertz CT molecular complexity index is 505. The van der Waals surface area contributed by atoms with Crippen molar-refractivity contribution in [3.8, 4) is 11.5 Å². The lowest BCUT2D eigenvalue weighted by molar-refractivity contribution is 0.300. The Kier molecular flexibility index (Phi) is 3.01. The van der Waals surface area contributed by atoms with E-state index in [4.69, 9.17) is 13.7 Å². The SMILES string of the molecule is COc1cc2c(cc1OC)[C@H]1COS(=O)N1CC2. The van der Waals surface area contributed by atoms with Crippen molar-refractivity contribution in [3.63, 3.8) is 0 Å². The van der Waals surface area contributed by atoms with Crippen LogP contribution in [0.4, 0.5) is 0 Å². The van der Waals surface area contributed by atoms with Gasteiger partial charge in [-0.3, -0.25) is 4.18 Å². The lowest BCUT2D eigenvalue weighted by atomic mass is 9.94. The molecule has 0 N–H and O–H groups in total. The highest BCUT2D eigenvalue weighted by Gasteiger charge is 2.38. The van der Waals surface area contributed by atoms with E-state index in [-0.39, 0.29) is 6.04 Å². The summed E-state index contributed by atoms with van der Waals surface area (Å²) in [7, 11) is 3.25. The van der Waals surface area contributed by atoms with Gasteiger partial charge < -0.3 is 9.47 Å². The van der Waals surface area contributed by atoms with Gasteiger partial charge in [-0.05, 0) is 29.7 Å². The lowest BCUT2D eigenvalue weighted by Crippen LogP contribution is -2.32. The minimum Gasteiger partial charge on any atom is -0.493 e. The minimum atomic E-state index is -1.30. The van der Waals surface area contributed by atoms with Crippen molar-refractivity contribution >= 4 is 11.3 Å². The molecule has 2 atom stereocenters. The van der Waals surface area contributed by atoms with Crippen molar-refractivity contribution in [3.05, 3.63) is 23.3 Å². The Morgan fingerprint density at radius 3 is 2.78 bits per heavy atom. The summed E-state index contributed by atoms with van der Waals surface area (Å²) in [5.41, 5.74) is 2.35. The quantitative estimate of drug-likeness (QED) is 0.810. The molecule has 5 nitrogen and oxygen atoms in total. The predicted octanol–water partition coefficient (Wildman–Crippen LogP) is 1.21. The summed E-state index contributed by atoms with van der Waals surface area (Å²) < 4.78 is 29.4. The summed E-state index contributed by atoms with van der Waals surface area (Å²) in [6.45, 7) is 1.22. The van der Waals surface area contributed by atoms with Crippen LogP contribution in [-0.2, 0) is 21.9 Å². The molecule has 0 radical (unpaired) electrons. The van der Waals surface area contributed by atoms with E-state index in [1.165, 1.54) is 5.56 Å². The molecule has 1 fully saturated rings. The molecule has 1 unspecified atom stereocenters. The molecule has 0 aliphatic carbocycles. The monoisotopic (exact) mass is 269 g/mol. The molecule has 1 aromatic rings. The first kappa shape index (κ1) is 12.0. The predicted molar refractivity (Wildman–Crippen MR) is 66.8 cm³/mol. The summed E-state index contributed by atoms with van der Waals surface area (Å²) >= 11 is -1.30. The van der Waals surface area contributed by atoms with Crippen LogP contribution in [0.5, 0.6) is 11.5 Å². The van der Waals surface area contributed by atoms with Crippen molar-refractivity contribution in [1.29, 1.82) is 0 Å². The van der Waals surface area contributed by atoms with Crippen LogP contribution >= 0.6 is 0 Å². The van der Waals surface area contributed by atoms with E-state index in [0.717, 1.165) is 24.3 Å². The molecular formula is C12H15NO4S. The first-order chi connectivity index (χ1) is 8.74. The van der Waals surface area contributed by atoms with E-state index >= 15 is 0 Å². The van der Waals surface area contributed by atoms with E-state index in [1.807, 2.05) is 16.4 Å². The number of rotatable bonds is 2. The van der Waals surface area contributed by atoms with E-state index < -0.39 is 11.3 Å². The van der Waals surface area contributed by atoms with Crippen molar-refractivity contribution in [2.75, 3.05) is 27.4 Å². The van der Waals surface area contributed by atoms with Gasteiger partial charge in [0.05, 0.1) is 26.9 Å². The van der Waals surface area contributed by atoms with Gasteiger partial charge >= 0.3 is 0 Å². The minimum absolute atomic E-state index is 0.0642. The molecule has 18 heavy (non-hydrogen) atoms. The zero-order valence-electron chi connectivity index (χ0n) is 10.3. The molecule has 3 rings (SSSR count). The van der Waals surface area contributed by atoms with Gasteiger partial charge in [0.15, 0.2) is 11.5 Å². The molecule has 1 saturated heterocycles. The fourth-order valence-electron chi connectivity index (χ4n) is 2.55. The van der Waals surface area contributed by atoms with Crippen molar-refractivity contribution in [2.24, 2.45) is 0 Å². The van der Waals surface area contributed by atoms with Crippen molar-refractivity contribution < 1.29 is 17.9 Å². The highest BCUT2D eigenvalue weighted by molar-refractivity contribution is 7.77. The Balaban J connectivity index is 2.06. The summed E-state index contributed by atoms with van der Waals surface area (Å²) in [6, 6.07) is 4.04. The molecule has 1 aromatic carbocycles. The number of benzene rings is 1. The Morgan fingerprint density at radius 1 is 1.33 bits per heavy atom. The average Bonchev–Trinajstić information content (AvgIpc) is 2.79. The van der Waals surface area contributed by atoms with Crippen LogP contribution in [0.2, 0.25) is 0 Å². The van der Waals surface area contributed by atoms with Gasteiger partial charge in [-0.15, -0.1) is 0 Å². The summed E-state index contributed by atoms with van der Waals surface area (Å²) in [5, 5.41) is 0. The van der Waals surface area contributed by atoms with Crippen molar-refractivity contribution in [1.82, 2.24) is 4.31 Å². The highest BCUT2D eigenvalue weighted by atomic mass is 32.2. The maximum absolute atomic E-state index is 11.7. The summed E-state index contributed by atoms with van der Waals surface area (Å²) in [6.07, 6.45) is 0.848. The van der Waals surface area contributed by atoms with E-state index in [2.05, 4.69) is 0 Å². The van der Waals surface area contributed by atoms with Crippen LogP contribution in [0.1, 0.15) is 17.2 Å². The number of ether oxygens (including phenoxy) is 2.